The zero-order chi connectivity index (χ0) is 17.4. The summed E-state index contributed by atoms with van der Waals surface area (Å²) in [5.41, 5.74) is 1.71. The quantitative estimate of drug-likeness (QED) is 0.783. The normalized spacial score (nSPS) is 20.8. The van der Waals surface area contributed by atoms with E-state index >= 15 is 0 Å². The summed E-state index contributed by atoms with van der Waals surface area (Å²) in [4.78, 5) is 14.3. The first kappa shape index (κ1) is 15.8. The van der Waals surface area contributed by atoms with Crippen molar-refractivity contribution >= 4 is 16.7 Å². The minimum atomic E-state index is -0.560. The molecule has 1 saturated heterocycles. The average molecular weight is 335 g/mol. The van der Waals surface area contributed by atoms with Crippen molar-refractivity contribution in [1.82, 2.24) is 14.7 Å². The fraction of sp³-hybridized carbons (Fsp3) is 0.300. The minimum absolute atomic E-state index is 0.0579. The molecule has 0 spiro atoms. The first-order valence-corrected chi connectivity index (χ1v) is 8.56. The first-order valence-electron chi connectivity index (χ1n) is 8.56. The molecule has 1 aliphatic heterocycles. The fourth-order valence-corrected chi connectivity index (χ4v) is 3.66. The van der Waals surface area contributed by atoms with Crippen molar-refractivity contribution in [3.8, 4) is 0 Å². The molecule has 0 radical (unpaired) electrons. The predicted octanol–water partition coefficient (Wildman–Crippen LogP) is 2.56. The zero-order valence-corrected chi connectivity index (χ0v) is 14.2. The number of nitrogens with zero attached hydrogens (tertiary/aromatic N) is 3. The van der Waals surface area contributed by atoms with E-state index in [1.807, 2.05) is 12.1 Å². The minimum Gasteiger partial charge on any atom is -0.391 e. The Labute approximate surface area is 146 Å². The number of carbonyl (C=O) groups is 1. The summed E-state index contributed by atoms with van der Waals surface area (Å²) in [5.74, 6) is -0.00772. The summed E-state index contributed by atoms with van der Waals surface area (Å²) in [6.07, 6.45) is 3.48. The number of piperidine rings is 1. The van der Waals surface area contributed by atoms with E-state index in [-0.39, 0.29) is 11.8 Å². The number of likely N-dealkylation sites (tertiary alicyclic amines) is 1. The molecule has 3 aromatic rings. The van der Waals surface area contributed by atoms with E-state index in [4.69, 9.17) is 0 Å². The van der Waals surface area contributed by atoms with Gasteiger partial charge in [0, 0.05) is 32.3 Å². The molecule has 25 heavy (non-hydrogen) atoms. The maximum absolute atomic E-state index is 12.5. The number of fused-ring (bicyclic) bond motifs is 1. The predicted molar refractivity (Wildman–Crippen MR) is 96.4 cm³/mol. The van der Waals surface area contributed by atoms with Crippen LogP contribution < -0.4 is 0 Å². The van der Waals surface area contributed by atoms with E-state index in [2.05, 4.69) is 35.4 Å². The third kappa shape index (κ3) is 3.03. The Hall–Kier alpha value is -2.66. The van der Waals surface area contributed by atoms with Gasteiger partial charge in [0.05, 0.1) is 17.9 Å². The molecule has 1 fully saturated rings. The lowest BCUT2D eigenvalue weighted by Gasteiger charge is -2.36. The Morgan fingerprint density at radius 3 is 2.72 bits per heavy atom. The fourth-order valence-electron chi connectivity index (χ4n) is 3.66. The standard InChI is InChI=1S/C20H21N3O2/c1-22-12-17(11-21-22)20(25)23-9-8-18(19(24)13-23)16-7-6-14-4-2-3-5-15(14)10-16/h2-7,10-12,18-19,24H,8-9,13H2,1H3/t18-,19+/m1/s1. The van der Waals surface area contributed by atoms with Gasteiger partial charge >= 0.3 is 0 Å². The van der Waals surface area contributed by atoms with Gasteiger partial charge < -0.3 is 10.0 Å². The van der Waals surface area contributed by atoms with E-state index in [1.54, 1.807) is 29.0 Å². The lowest BCUT2D eigenvalue weighted by molar-refractivity contribution is 0.0382. The third-order valence-corrected chi connectivity index (χ3v) is 5.02. The van der Waals surface area contributed by atoms with Crippen molar-refractivity contribution in [3.05, 3.63) is 66.0 Å². The molecule has 4 rings (SSSR count). The number of hydrogen-bond donors (Lipinski definition) is 1. The van der Waals surface area contributed by atoms with Gasteiger partial charge in [0.25, 0.3) is 5.91 Å². The van der Waals surface area contributed by atoms with Gasteiger partial charge in [0.2, 0.25) is 0 Å². The summed E-state index contributed by atoms with van der Waals surface area (Å²) in [6, 6.07) is 14.6. The van der Waals surface area contributed by atoms with Gasteiger partial charge in [-0.2, -0.15) is 5.10 Å². The number of aliphatic hydroxyl groups excluding tert-OH is 1. The van der Waals surface area contributed by atoms with Gasteiger partial charge in [-0.05, 0) is 22.8 Å². The molecule has 5 heteroatoms. The Balaban J connectivity index is 1.51. The molecule has 128 valence electrons. The second kappa shape index (κ2) is 6.33. The van der Waals surface area contributed by atoms with Crippen LogP contribution >= 0.6 is 0 Å². The highest BCUT2D eigenvalue weighted by molar-refractivity contribution is 5.93. The van der Waals surface area contributed by atoms with Crippen LogP contribution in [0.1, 0.15) is 28.3 Å². The molecule has 5 nitrogen and oxygen atoms in total. The monoisotopic (exact) mass is 335 g/mol. The Morgan fingerprint density at radius 2 is 2.00 bits per heavy atom. The second-order valence-corrected chi connectivity index (χ2v) is 6.72. The van der Waals surface area contributed by atoms with E-state index in [0.717, 1.165) is 12.0 Å². The van der Waals surface area contributed by atoms with E-state index in [0.29, 0.717) is 18.7 Å². The molecule has 0 saturated carbocycles. The molecule has 2 heterocycles. The van der Waals surface area contributed by atoms with Crippen molar-refractivity contribution in [2.75, 3.05) is 13.1 Å². The highest BCUT2D eigenvalue weighted by Crippen LogP contribution is 2.31. The van der Waals surface area contributed by atoms with Gasteiger partial charge in [0.1, 0.15) is 0 Å². The zero-order valence-electron chi connectivity index (χ0n) is 14.2. The van der Waals surface area contributed by atoms with E-state index < -0.39 is 6.10 Å². The lowest BCUT2D eigenvalue weighted by Crippen LogP contribution is -2.45. The topological polar surface area (TPSA) is 58.4 Å². The molecule has 2 aromatic carbocycles. The number of benzene rings is 2. The second-order valence-electron chi connectivity index (χ2n) is 6.72. The SMILES string of the molecule is Cn1cc(C(=O)N2CC[C@H](c3ccc4ccccc4c3)[C@@H](O)C2)cn1. The Morgan fingerprint density at radius 1 is 1.20 bits per heavy atom. The third-order valence-electron chi connectivity index (χ3n) is 5.02. The number of amides is 1. The van der Waals surface area contributed by atoms with E-state index in [9.17, 15) is 9.90 Å². The maximum Gasteiger partial charge on any atom is 0.257 e. The molecule has 1 N–H and O–H groups in total. The van der Waals surface area contributed by atoms with Crippen LogP contribution in [0.25, 0.3) is 10.8 Å². The van der Waals surface area contributed by atoms with Gasteiger partial charge in [-0.1, -0.05) is 42.5 Å². The van der Waals surface area contributed by atoms with Crippen LogP contribution in [0.4, 0.5) is 0 Å². The Bertz CT molecular complexity index is 918. The molecule has 0 unspecified atom stereocenters. The number of hydrogen-bond acceptors (Lipinski definition) is 3. The van der Waals surface area contributed by atoms with Crippen LogP contribution in [0.5, 0.6) is 0 Å². The molecule has 1 aliphatic rings. The van der Waals surface area contributed by atoms with Crippen molar-refractivity contribution in [2.45, 2.75) is 18.4 Å². The smallest absolute Gasteiger partial charge is 0.257 e. The van der Waals surface area contributed by atoms with E-state index in [1.165, 1.54) is 10.8 Å². The van der Waals surface area contributed by atoms with Gasteiger partial charge in [-0.15, -0.1) is 0 Å². The van der Waals surface area contributed by atoms with Crippen LogP contribution in [-0.2, 0) is 7.05 Å². The highest BCUT2D eigenvalue weighted by atomic mass is 16.3. The van der Waals surface area contributed by atoms with Crippen molar-refractivity contribution in [2.24, 2.45) is 7.05 Å². The Kier molecular flexibility index (Phi) is 4.01. The average Bonchev–Trinajstić information content (AvgIpc) is 3.07. The summed E-state index contributed by atoms with van der Waals surface area (Å²) in [5, 5.41) is 17.1. The molecule has 2 atom stereocenters. The summed E-state index contributed by atoms with van der Waals surface area (Å²) < 4.78 is 1.62. The van der Waals surface area contributed by atoms with Gasteiger partial charge in [0.15, 0.2) is 0 Å². The van der Waals surface area contributed by atoms with Crippen molar-refractivity contribution < 1.29 is 9.90 Å². The summed E-state index contributed by atoms with van der Waals surface area (Å²) in [6.45, 7) is 0.994. The molecular formula is C20H21N3O2. The van der Waals surface area contributed by atoms with Crippen LogP contribution in [0.3, 0.4) is 0 Å². The molecule has 1 aromatic heterocycles. The summed E-state index contributed by atoms with van der Waals surface area (Å²) >= 11 is 0. The van der Waals surface area contributed by atoms with Crippen molar-refractivity contribution in [3.63, 3.8) is 0 Å². The van der Waals surface area contributed by atoms with Crippen LogP contribution in [-0.4, -0.2) is 44.9 Å². The van der Waals surface area contributed by atoms with Crippen molar-refractivity contribution in [1.29, 1.82) is 0 Å². The first-order chi connectivity index (χ1) is 12.1. The molecule has 0 aliphatic carbocycles. The number of carbonyl (C=O) groups excluding carboxylic acids is 1. The lowest BCUT2D eigenvalue weighted by atomic mass is 9.86. The van der Waals surface area contributed by atoms with Gasteiger partial charge in [-0.3, -0.25) is 9.48 Å². The maximum atomic E-state index is 12.5. The van der Waals surface area contributed by atoms with Crippen LogP contribution in [0, 0.1) is 0 Å². The van der Waals surface area contributed by atoms with Crippen LogP contribution in [0.2, 0.25) is 0 Å². The number of aromatic nitrogens is 2. The number of rotatable bonds is 2. The molecule has 1 amide bonds. The van der Waals surface area contributed by atoms with Gasteiger partial charge in [-0.25, -0.2) is 0 Å². The molecule has 0 bridgehead atoms. The highest BCUT2D eigenvalue weighted by Gasteiger charge is 2.31. The number of aryl methyl sites for hydroxylation is 1. The summed E-state index contributed by atoms with van der Waals surface area (Å²) in [7, 11) is 1.79. The number of β-amino-alcohol motifs (C(OH)–C–C–N with tert-alkyl or cyclic N) is 1. The number of aliphatic hydroxyl groups is 1. The molecular weight excluding hydrogens is 314 g/mol. The van der Waals surface area contributed by atoms with Crippen LogP contribution in [0.15, 0.2) is 54.9 Å². The largest absolute Gasteiger partial charge is 0.391 e.